The summed E-state index contributed by atoms with van der Waals surface area (Å²) < 4.78 is 0.715. The molecule has 0 radical (unpaired) electrons. The van der Waals surface area contributed by atoms with Gasteiger partial charge in [-0.05, 0) is 25.7 Å². The molecule has 140 valence electrons. The van der Waals surface area contributed by atoms with E-state index in [1.54, 1.807) is 0 Å². The standard InChI is InChI=1S/C16H21N5O3S2/c22-11-8-21(16(13(24)18-11)6-2-1-3-7-16)12(23)9-25-15-20-19-14(26-15)17-10-4-5-10/h10H,1-9H2,(H,17,19)(H,18,22,24). The number of imide groups is 1. The lowest BCUT2D eigenvalue weighted by molar-refractivity contribution is -0.158. The van der Waals surface area contributed by atoms with E-state index in [2.05, 4.69) is 20.8 Å². The fraction of sp³-hybridized carbons (Fsp3) is 0.688. The zero-order valence-corrected chi connectivity index (χ0v) is 16.0. The van der Waals surface area contributed by atoms with Crippen LogP contribution >= 0.6 is 23.1 Å². The van der Waals surface area contributed by atoms with Crippen LogP contribution in [0, 0.1) is 0 Å². The van der Waals surface area contributed by atoms with Crippen molar-refractivity contribution in [2.24, 2.45) is 0 Å². The highest BCUT2D eigenvalue weighted by molar-refractivity contribution is 8.01. The molecule has 1 aliphatic heterocycles. The first-order valence-electron chi connectivity index (χ1n) is 8.94. The molecule has 0 aromatic carbocycles. The van der Waals surface area contributed by atoms with E-state index in [1.807, 2.05) is 0 Å². The molecule has 0 unspecified atom stereocenters. The van der Waals surface area contributed by atoms with Crippen LogP contribution in [-0.2, 0) is 14.4 Å². The summed E-state index contributed by atoms with van der Waals surface area (Å²) in [7, 11) is 0. The number of nitrogens with zero attached hydrogens (tertiary/aromatic N) is 3. The van der Waals surface area contributed by atoms with Crippen molar-refractivity contribution >= 4 is 46.0 Å². The monoisotopic (exact) mass is 395 g/mol. The average molecular weight is 396 g/mol. The topological polar surface area (TPSA) is 104 Å². The zero-order chi connectivity index (χ0) is 18.1. The minimum Gasteiger partial charge on any atom is -0.357 e. The van der Waals surface area contributed by atoms with Crippen LogP contribution in [0.2, 0.25) is 0 Å². The number of nitrogens with one attached hydrogen (secondary N) is 2. The molecule has 3 fully saturated rings. The van der Waals surface area contributed by atoms with Crippen molar-refractivity contribution < 1.29 is 14.4 Å². The van der Waals surface area contributed by atoms with Gasteiger partial charge in [-0.2, -0.15) is 0 Å². The molecule has 8 nitrogen and oxygen atoms in total. The van der Waals surface area contributed by atoms with Gasteiger partial charge in [-0.1, -0.05) is 42.4 Å². The Morgan fingerprint density at radius 3 is 2.77 bits per heavy atom. The van der Waals surface area contributed by atoms with Gasteiger partial charge < -0.3 is 10.2 Å². The Balaban J connectivity index is 1.42. The third-order valence-electron chi connectivity index (χ3n) is 5.11. The SMILES string of the molecule is O=C1CN(C(=O)CSc2nnc(NC3CC3)s2)C2(CCCCC2)C(=O)N1. The maximum Gasteiger partial charge on any atom is 0.252 e. The van der Waals surface area contributed by atoms with E-state index in [1.165, 1.54) is 28.0 Å². The second kappa shape index (κ2) is 7.15. The fourth-order valence-corrected chi connectivity index (χ4v) is 5.30. The first-order valence-corrected chi connectivity index (χ1v) is 10.7. The Kier molecular flexibility index (Phi) is 4.87. The van der Waals surface area contributed by atoms with Gasteiger partial charge in [0.05, 0.1) is 5.75 Å². The predicted octanol–water partition coefficient (Wildman–Crippen LogP) is 1.39. The summed E-state index contributed by atoms with van der Waals surface area (Å²) in [6.07, 6.45) is 6.41. The molecule has 0 atom stereocenters. The number of carbonyl (C=O) groups excluding carboxylic acids is 3. The van der Waals surface area contributed by atoms with Gasteiger partial charge in [-0.15, -0.1) is 10.2 Å². The van der Waals surface area contributed by atoms with Crippen molar-refractivity contribution in [3.8, 4) is 0 Å². The van der Waals surface area contributed by atoms with Crippen LogP contribution < -0.4 is 10.6 Å². The minimum atomic E-state index is -0.858. The first kappa shape index (κ1) is 17.7. The zero-order valence-electron chi connectivity index (χ0n) is 14.3. The second-order valence-electron chi connectivity index (χ2n) is 7.03. The van der Waals surface area contributed by atoms with E-state index in [9.17, 15) is 14.4 Å². The van der Waals surface area contributed by atoms with Crippen molar-refractivity contribution in [1.82, 2.24) is 20.4 Å². The van der Waals surface area contributed by atoms with E-state index in [-0.39, 0.29) is 24.1 Å². The highest BCUT2D eigenvalue weighted by Crippen LogP contribution is 2.37. The van der Waals surface area contributed by atoms with Crippen molar-refractivity contribution in [2.75, 3.05) is 17.6 Å². The Labute approximate surface area is 159 Å². The van der Waals surface area contributed by atoms with Crippen LogP contribution in [0.15, 0.2) is 4.34 Å². The lowest BCUT2D eigenvalue weighted by atomic mass is 9.78. The van der Waals surface area contributed by atoms with Crippen LogP contribution in [0.1, 0.15) is 44.9 Å². The Bertz CT molecular complexity index is 727. The molecule has 4 rings (SSSR count). The normalized spacial score (nSPS) is 22.4. The minimum absolute atomic E-state index is 0.0459. The highest BCUT2D eigenvalue weighted by atomic mass is 32.2. The summed E-state index contributed by atoms with van der Waals surface area (Å²) in [5, 5.41) is 14.7. The van der Waals surface area contributed by atoms with E-state index >= 15 is 0 Å². The summed E-state index contributed by atoms with van der Waals surface area (Å²) in [6, 6.07) is 0.506. The molecule has 2 aliphatic carbocycles. The Hall–Kier alpha value is -1.68. The first-order chi connectivity index (χ1) is 12.6. The molecule has 3 amide bonds. The molecule has 0 bridgehead atoms. The Morgan fingerprint density at radius 1 is 1.27 bits per heavy atom. The van der Waals surface area contributed by atoms with Crippen LogP contribution in [0.5, 0.6) is 0 Å². The molecular formula is C16H21N5O3S2. The molecular weight excluding hydrogens is 374 g/mol. The largest absolute Gasteiger partial charge is 0.357 e. The maximum atomic E-state index is 12.8. The fourth-order valence-electron chi connectivity index (χ4n) is 3.59. The van der Waals surface area contributed by atoms with Gasteiger partial charge >= 0.3 is 0 Å². The molecule has 10 heteroatoms. The quantitative estimate of drug-likeness (QED) is 0.573. The van der Waals surface area contributed by atoms with Crippen LogP contribution in [0.25, 0.3) is 0 Å². The lowest BCUT2D eigenvalue weighted by Gasteiger charge is -2.47. The number of hydrogen-bond acceptors (Lipinski definition) is 8. The number of thioether (sulfide) groups is 1. The van der Waals surface area contributed by atoms with Gasteiger partial charge in [0.25, 0.3) is 5.91 Å². The number of rotatable bonds is 5. The number of hydrogen-bond donors (Lipinski definition) is 2. The van der Waals surface area contributed by atoms with Gasteiger partial charge in [0.15, 0.2) is 4.34 Å². The molecule has 1 saturated heterocycles. The molecule has 2 heterocycles. The van der Waals surface area contributed by atoms with Gasteiger partial charge in [-0.3, -0.25) is 19.7 Å². The van der Waals surface area contributed by atoms with E-state index in [0.717, 1.165) is 37.2 Å². The van der Waals surface area contributed by atoms with Crippen LogP contribution in [0.4, 0.5) is 5.13 Å². The molecule has 2 saturated carbocycles. The van der Waals surface area contributed by atoms with Gasteiger partial charge in [0, 0.05) is 6.04 Å². The molecule has 1 aromatic rings. The smallest absolute Gasteiger partial charge is 0.252 e. The van der Waals surface area contributed by atoms with E-state index < -0.39 is 11.4 Å². The summed E-state index contributed by atoms with van der Waals surface area (Å²) >= 11 is 2.74. The molecule has 3 aliphatic rings. The third-order valence-corrected chi connectivity index (χ3v) is 7.08. The van der Waals surface area contributed by atoms with Crippen LogP contribution in [0.3, 0.4) is 0 Å². The van der Waals surface area contributed by atoms with Crippen molar-refractivity contribution in [3.05, 3.63) is 0 Å². The number of carbonyl (C=O) groups is 3. The predicted molar refractivity (Wildman–Crippen MR) is 98.0 cm³/mol. The number of amides is 3. The van der Waals surface area contributed by atoms with E-state index in [0.29, 0.717) is 23.2 Å². The highest BCUT2D eigenvalue weighted by Gasteiger charge is 2.50. The summed E-state index contributed by atoms with van der Waals surface area (Å²) in [4.78, 5) is 38.7. The number of piperazine rings is 1. The number of anilines is 1. The molecule has 26 heavy (non-hydrogen) atoms. The van der Waals surface area contributed by atoms with E-state index in [4.69, 9.17) is 0 Å². The lowest BCUT2D eigenvalue weighted by Crippen LogP contribution is -2.69. The van der Waals surface area contributed by atoms with Crippen molar-refractivity contribution in [2.45, 2.75) is 60.9 Å². The molecule has 1 aromatic heterocycles. The van der Waals surface area contributed by atoms with Crippen molar-refractivity contribution in [1.29, 1.82) is 0 Å². The summed E-state index contributed by atoms with van der Waals surface area (Å²) in [5.74, 6) is -0.762. The van der Waals surface area contributed by atoms with Gasteiger partial charge in [0.1, 0.15) is 12.1 Å². The molecule has 1 spiro atoms. The van der Waals surface area contributed by atoms with Crippen LogP contribution in [-0.4, -0.2) is 56.7 Å². The van der Waals surface area contributed by atoms with Gasteiger partial charge in [-0.25, -0.2) is 0 Å². The third kappa shape index (κ3) is 3.57. The Morgan fingerprint density at radius 2 is 2.04 bits per heavy atom. The second-order valence-corrected chi connectivity index (χ2v) is 9.23. The van der Waals surface area contributed by atoms with Crippen molar-refractivity contribution in [3.63, 3.8) is 0 Å². The average Bonchev–Trinajstić information content (AvgIpc) is 3.33. The number of aromatic nitrogens is 2. The maximum absolute atomic E-state index is 12.8. The van der Waals surface area contributed by atoms with Gasteiger partial charge in [0.2, 0.25) is 16.9 Å². The summed E-state index contributed by atoms with van der Waals surface area (Å²) in [6.45, 7) is -0.0459. The summed E-state index contributed by atoms with van der Waals surface area (Å²) in [5.41, 5.74) is -0.858. The molecule has 2 N–H and O–H groups in total.